The van der Waals surface area contributed by atoms with Crippen LogP contribution in [0.15, 0.2) is 30.6 Å². The Balaban J connectivity index is 1.42. The third-order valence-electron chi connectivity index (χ3n) is 6.99. The molecule has 4 aromatic rings. The summed E-state index contributed by atoms with van der Waals surface area (Å²) in [7, 11) is 1.42. The monoisotopic (exact) mass is 528 g/mol. The molecule has 1 aromatic carbocycles. The lowest BCUT2D eigenvalue weighted by Crippen LogP contribution is -2.20. The van der Waals surface area contributed by atoms with Gasteiger partial charge in [0.05, 0.1) is 31.0 Å². The maximum Gasteiger partial charge on any atom is 0.416 e. The average molecular weight is 529 g/mol. The number of alkyl halides is 3. The lowest BCUT2D eigenvalue weighted by Gasteiger charge is -2.28. The molecule has 0 radical (unpaired) electrons. The first-order valence-electron chi connectivity index (χ1n) is 12.3. The molecule has 4 heterocycles. The molecular weight excluding hydrogens is 504 g/mol. The summed E-state index contributed by atoms with van der Waals surface area (Å²) >= 11 is 0. The predicted octanol–water partition coefficient (Wildman–Crippen LogP) is 5.73. The number of ether oxygens (including phenoxy) is 2. The molecule has 2 aliphatic rings. The summed E-state index contributed by atoms with van der Waals surface area (Å²) in [6.45, 7) is 2.16. The van der Waals surface area contributed by atoms with Crippen molar-refractivity contribution in [3.8, 4) is 17.1 Å². The van der Waals surface area contributed by atoms with Crippen molar-refractivity contribution in [2.45, 2.75) is 56.8 Å². The highest BCUT2D eigenvalue weighted by Crippen LogP contribution is 2.40. The maximum absolute atomic E-state index is 15.1. The highest BCUT2D eigenvalue weighted by molar-refractivity contribution is 5.87. The summed E-state index contributed by atoms with van der Waals surface area (Å²) < 4.78 is 67.9. The average Bonchev–Trinajstić information content (AvgIpc) is 3.63. The SMILES string of the molecule is COc1nc2c(-c3ccc(C(F)(F)F)cc3F)nc([C@H]3CCO[C@H](c4cnn(C5CC5)c4)C3)nc2nc1C. The van der Waals surface area contributed by atoms with E-state index in [2.05, 4.69) is 25.0 Å². The molecule has 2 fully saturated rings. The molecule has 1 saturated carbocycles. The summed E-state index contributed by atoms with van der Waals surface area (Å²) in [6.07, 6.45) is 2.37. The van der Waals surface area contributed by atoms with Gasteiger partial charge in [0.25, 0.3) is 0 Å². The fraction of sp³-hybridized carbons (Fsp3) is 0.423. The molecule has 0 spiro atoms. The number of benzene rings is 1. The standard InChI is InChI=1S/C26H24F4N6O2/c1-13-25(37-2)34-22-21(18-6-3-16(10-19(18)27)26(28,29)30)33-23(35-24(22)32-13)14-7-8-38-20(9-14)15-11-31-36(12-15)17-4-5-17/h3,6,10-12,14,17,20H,4-5,7-9H2,1-2H3/t14-,20-/m0/s1. The van der Waals surface area contributed by atoms with Crippen molar-refractivity contribution in [3.63, 3.8) is 0 Å². The summed E-state index contributed by atoms with van der Waals surface area (Å²) in [4.78, 5) is 18.2. The Kier molecular flexibility index (Phi) is 6.01. The van der Waals surface area contributed by atoms with Gasteiger partial charge in [0.2, 0.25) is 5.88 Å². The van der Waals surface area contributed by atoms with Crippen LogP contribution in [-0.2, 0) is 10.9 Å². The smallest absolute Gasteiger partial charge is 0.416 e. The second-order valence-electron chi connectivity index (χ2n) is 9.68. The Morgan fingerprint density at radius 3 is 2.61 bits per heavy atom. The van der Waals surface area contributed by atoms with Crippen LogP contribution in [0.25, 0.3) is 22.4 Å². The van der Waals surface area contributed by atoms with Crippen molar-refractivity contribution >= 4 is 11.2 Å². The summed E-state index contributed by atoms with van der Waals surface area (Å²) in [5, 5.41) is 4.46. The molecular formula is C26H24F4N6O2. The van der Waals surface area contributed by atoms with Gasteiger partial charge in [-0.05, 0) is 50.8 Å². The van der Waals surface area contributed by atoms with Gasteiger partial charge in [-0.15, -0.1) is 0 Å². The lowest BCUT2D eigenvalue weighted by atomic mass is 9.92. The third-order valence-corrected chi connectivity index (χ3v) is 6.99. The Hall–Kier alpha value is -3.67. The van der Waals surface area contributed by atoms with Crippen LogP contribution in [-0.4, -0.2) is 43.4 Å². The first-order chi connectivity index (χ1) is 18.2. The maximum atomic E-state index is 15.1. The number of fused-ring (bicyclic) bond motifs is 1. The second kappa shape index (κ2) is 9.26. The molecule has 8 nitrogen and oxygen atoms in total. The lowest BCUT2D eigenvalue weighted by molar-refractivity contribution is -0.137. The highest BCUT2D eigenvalue weighted by Gasteiger charge is 2.33. The van der Waals surface area contributed by atoms with Crippen LogP contribution in [0.3, 0.4) is 0 Å². The van der Waals surface area contributed by atoms with E-state index in [-0.39, 0.29) is 40.3 Å². The highest BCUT2D eigenvalue weighted by atomic mass is 19.4. The molecule has 1 aliphatic heterocycles. The fourth-order valence-corrected chi connectivity index (χ4v) is 4.80. The number of nitrogens with zero attached hydrogens (tertiary/aromatic N) is 6. The number of methoxy groups -OCH3 is 1. The van der Waals surface area contributed by atoms with E-state index in [4.69, 9.17) is 9.47 Å². The van der Waals surface area contributed by atoms with E-state index in [1.54, 1.807) is 6.92 Å². The fourth-order valence-electron chi connectivity index (χ4n) is 4.80. The minimum atomic E-state index is -4.68. The van der Waals surface area contributed by atoms with Crippen LogP contribution in [0.2, 0.25) is 0 Å². The number of aromatic nitrogens is 6. The van der Waals surface area contributed by atoms with Crippen molar-refractivity contribution in [3.05, 3.63) is 59.1 Å². The predicted molar refractivity (Wildman–Crippen MR) is 128 cm³/mol. The van der Waals surface area contributed by atoms with Crippen LogP contribution < -0.4 is 4.74 Å². The van der Waals surface area contributed by atoms with Crippen LogP contribution in [0.4, 0.5) is 17.6 Å². The van der Waals surface area contributed by atoms with Gasteiger partial charge in [-0.25, -0.2) is 24.3 Å². The van der Waals surface area contributed by atoms with Gasteiger partial charge in [-0.2, -0.15) is 18.3 Å². The molecule has 6 rings (SSSR count). The minimum Gasteiger partial charge on any atom is -0.480 e. The van der Waals surface area contributed by atoms with Crippen molar-refractivity contribution in [1.82, 2.24) is 29.7 Å². The van der Waals surface area contributed by atoms with E-state index in [9.17, 15) is 13.2 Å². The number of rotatable bonds is 5. The van der Waals surface area contributed by atoms with Crippen LogP contribution in [0.1, 0.15) is 66.4 Å². The number of aryl methyl sites for hydroxylation is 1. The Labute approximate surface area is 215 Å². The largest absolute Gasteiger partial charge is 0.480 e. The van der Waals surface area contributed by atoms with E-state index in [0.29, 0.717) is 43.1 Å². The minimum absolute atomic E-state index is 0.0617. The quantitative estimate of drug-likeness (QED) is 0.306. The number of hydrogen-bond acceptors (Lipinski definition) is 7. The molecule has 1 saturated heterocycles. The molecule has 0 unspecified atom stereocenters. The first kappa shape index (κ1) is 24.7. The van der Waals surface area contributed by atoms with E-state index in [0.717, 1.165) is 30.5 Å². The van der Waals surface area contributed by atoms with Gasteiger partial charge in [0, 0.05) is 29.8 Å². The molecule has 0 N–H and O–H groups in total. The Bertz CT molecular complexity index is 1520. The molecule has 38 heavy (non-hydrogen) atoms. The van der Waals surface area contributed by atoms with Gasteiger partial charge in [0.15, 0.2) is 5.65 Å². The van der Waals surface area contributed by atoms with Gasteiger partial charge in [0.1, 0.15) is 28.5 Å². The number of hydrogen-bond donors (Lipinski definition) is 0. The molecule has 1 aliphatic carbocycles. The number of halogens is 4. The Morgan fingerprint density at radius 2 is 1.89 bits per heavy atom. The van der Waals surface area contributed by atoms with Gasteiger partial charge >= 0.3 is 6.18 Å². The molecule has 0 bridgehead atoms. The zero-order valence-electron chi connectivity index (χ0n) is 20.7. The van der Waals surface area contributed by atoms with Crippen molar-refractivity contribution < 1.29 is 27.0 Å². The van der Waals surface area contributed by atoms with Gasteiger partial charge in [-0.3, -0.25) is 4.68 Å². The summed E-state index contributed by atoms with van der Waals surface area (Å²) in [5.41, 5.74) is 0.651. The van der Waals surface area contributed by atoms with E-state index in [1.165, 1.54) is 7.11 Å². The Morgan fingerprint density at radius 1 is 1.08 bits per heavy atom. The van der Waals surface area contributed by atoms with Gasteiger partial charge in [-0.1, -0.05) is 0 Å². The molecule has 12 heteroatoms. The zero-order chi connectivity index (χ0) is 26.6. The topological polar surface area (TPSA) is 87.8 Å². The van der Waals surface area contributed by atoms with Crippen LogP contribution in [0.5, 0.6) is 5.88 Å². The second-order valence-corrected chi connectivity index (χ2v) is 9.68. The first-order valence-corrected chi connectivity index (χ1v) is 12.3. The van der Waals surface area contributed by atoms with E-state index in [1.807, 2.05) is 17.1 Å². The van der Waals surface area contributed by atoms with E-state index < -0.39 is 17.6 Å². The molecule has 3 aromatic heterocycles. The summed E-state index contributed by atoms with van der Waals surface area (Å²) in [6, 6.07) is 2.81. The molecule has 198 valence electrons. The summed E-state index contributed by atoms with van der Waals surface area (Å²) in [5.74, 6) is -0.609. The molecule has 0 amide bonds. The molecule has 2 atom stereocenters. The third kappa shape index (κ3) is 4.57. The van der Waals surface area contributed by atoms with Crippen molar-refractivity contribution in [2.75, 3.05) is 13.7 Å². The van der Waals surface area contributed by atoms with E-state index >= 15 is 4.39 Å². The normalized spacial score (nSPS) is 20.2. The van der Waals surface area contributed by atoms with Crippen LogP contribution in [0, 0.1) is 12.7 Å². The van der Waals surface area contributed by atoms with Crippen LogP contribution >= 0.6 is 0 Å². The van der Waals surface area contributed by atoms with Crippen molar-refractivity contribution in [2.24, 2.45) is 0 Å². The van der Waals surface area contributed by atoms with Gasteiger partial charge < -0.3 is 9.47 Å². The zero-order valence-corrected chi connectivity index (χ0v) is 20.7. The van der Waals surface area contributed by atoms with Crippen molar-refractivity contribution in [1.29, 1.82) is 0 Å².